The fourth-order valence-electron chi connectivity index (χ4n) is 1.97. The van der Waals surface area contributed by atoms with Gasteiger partial charge < -0.3 is 10.4 Å². The molecule has 0 saturated carbocycles. The predicted molar refractivity (Wildman–Crippen MR) is 81.0 cm³/mol. The molecule has 1 amide bonds. The van der Waals surface area contributed by atoms with Crippen molar-refractivity contribution in [3.63, 3.8) is 0 Å². The number of fused-ring (bicyclic) bond motifs is 1. The Balaban J connectivity index is 1.91. The van der Waals surface area contributed by atoms with E-state index < -0.39 is 5.97 Å². The Kier molecular flexibility index (Phi) is 3.37. The van der Waals surface area contributed by atoms with E-state index in [0.717, 1.165) is 10.2 Å². The summed E-state index contributed by atoms with van der Waals surface area (Å²) in [6.07, 6.45) is 0. The number of anilines is 1. The number of amides is 1. The van der Waals surface area contributed by atoms with Crippen molar-refractivity contribution in [2.75, 3.05) is 5.32 Å². The number of aromatic nitrogens is 1. The fourth-order valence-corrected chi connectivity index (χ4v) is 2.69. The Morgan fingerprint density at radius 3 is 2.76 bits per heavy atom. The first kappa shape index (κ1) is 13.3. The van der Waals surface area contributed by atoms with Gasteiger partial charge in [-0.25, -0.2) is 9.78 Å². The molecule has 0 fully saturated rings. The van der Waals surface area contributed by atoms with E-state index in [2.05, 4.69) is 10.3 Å². The van der Waals surface area contributed by atoms with Crippen LogP contribution in [0.2, 0.25) is 0 Å². The van der Waals surface area contributed by atoms with E-state index in [1.54, 1.807) is 41.9 Å². The second kappa shape index (κ2) is 5.34. The molecule has 0 aliphatic heterocycles. The van der Waals surface area contributed by atoms with Gasteiger partial charge in [0.15, 0.2) is 0 Å². The van der Waals surface area contributed by atoms with Gasteiger partial charge in [-0.2, -0.15) is 0 Å². The summed E-state index contributed by atoms with van der Waals surface area (Å²) in [6.45, 7) is 0. The lowest BCUT2D eigenvalue weighted by molar-refractivity contribution is 0.0698. The molecular weight excluding hydrogens is 288 g/mol. The molecule has 2 aromatic carbocycles. The van der Waals surface area contributed by atoms with E-state index in [-0.39, 0.29) is 17.2 Å². The predicted octanol–water partition coefficient (Wildman–Crippen LogP) is 3.25. The van der Waals surface area contributed by atoms with Crippen molar-refractivity contribution in [3.05, 3.63) is 59.1 Å². The van der Waals surface area contributed by atoms with Crippen LogP contribution in [0, 0.1) is 0 Å². The molecule has 2 N–H and O–H groups in total. The van der Waals surface area contributed by atoms with Crippen LogP contribution in [0.5, 0.6) is 0 Å². The second-order valence-corrected chi connectivity index (χ2v) is 5.23. The van der Waals surface area contributed by atoms with Gasteiger partial charge in [0.05, 0.1) is 27.0 Å². The normalized spacial score (nSPS) is 10.5. The summed E-state index contributed by atoms with van der Waals surface area (Å²) in [5.41, 5.74) is 3.35. The van der Waals surface area contributed by atoms with E-state index in [4.69, 9.17) is 5.11 Å². The van der Waals surface area contributed by atoms with Crippen molar-refractivity contribution in [1.82, 2.24) is 4.98 Å². The van der Waals surface area contributed by atoms with Crippen molar-refractivity contribution in [2.45, 2.75) is 0 Å². The third-order valence-electron chi connectivity index (χ3n) is 3.00. The summed E-state index contributed by atoms with van der Waals surface area (Å²) in [5.74, 6) is -1.43. The van der Waals surface area contributed by atoms with Crippen molar-refractivity contribution < 1.29 is 14.7 Å². The number of hydrogen-bond acceptors (Lipinski definition) is 4. The monoisotopic (exact) mass is 298 g/mol. The number of carboxylic acid groups (broad SMARTS) is 1. The number of carbonyl (C=O) groups is 2. The quantitative estimate of drug-likeness (QED) is 0.778. The zero-order valence-electron chi connectivity index (χ0n) is 10.7. The van der Waals surface area contributed by atoms with Crippen LogP contribution in [0.25, 0.3) is 10.2 Å². The van der Waals surface area contributed by atoms with Crippen LogP contribution >= 0.6 is 11.3 Å². The maximum absolute atomic E-state index is 12.2. The number of para-hydroxylation sites is 1. The summed E-state index contributed by atoms with van der Waals surface area (Å²) in [5, 5.41) is 11.7. The van der Waals surface area contributed by atoms with Gasteiger partial charge in [0.2, 0.25) is 0 Å². The molecule has 1 aromatic heterocycles. The lowest BCUT2D eigenvalue weighted by Gasteiger charge is -2.08. The van der Waals surface area contributed by atoms with Gasteiger partial charge in [0, 0.05) is 5.56 Å². The van der Waals surface area contributed by atoms with E-state index >= 15 is 0 Å². The van der Waals surface area contributed by atoms with Gasteiger partial charge >= 0.3 is 5.97 Å². The van der Waals surface area contributed by atoms with Gasteiger partial charge in [-0.1, -0.05) is 12.1 Å². The molecule has 0 saturated heterocycles. The molecule has 0 aliphatic rings. The Labute approximate surface area is 123 Å². The van der Waals surface area contributed by atoms with Gasteiger partial charge in [-0.05, 0) is 30.3 Å². The SMILES string of the molecule is O=C(Nc1ccccc1C(=O)O)c1ccc2ncsc2c1. The van der Waals surface area contributed by atoms with E-state index in [1.807, 2.05) is 0 Å². The minimum atomic E-state index is -1.08. The zero-order valence-corrected chi connectivity index (χ0v) is 11.6. The molecule has 6 heteroatoms. The average molecular weight is 298 g/mol. The summed E-state index contributed by atoms with van der Waals surface area (Å²) in [6, 6.07) is 11.5. The first-order chi connectivity index (χ1) is 10.1. The number of nitrogens with one attached hydrogen (secondary N) is 1. The number of carbonyl (C=O) groups excluding carboxylic acids is 1. The van der Waals surface area contributed by atoms with Gasteiger partial charge in [-0.3, -0.25) is 4.79 Å². The Morgan fingerprint density at radius 2 is 1.95 bits per heavy atom. The number of nitrogens with zero attached hydrogens (tertiary/aromatic N) is 1. The molecule has 104 valence electrons. The summed E-state index contributed by atoms with van der Waals surface area (Å²) < 4.78 is 0.911. The smallest absolute Gasteiger partial charge is 0.337 e. The first-order valence-electron chi connectivity index (χ1n) is 6.12. The molecule has 3 rings (SSSR count). The standard InChI is InChI=1S/C15H10N2O3S/c18-14(9-5-6-12-13(7-9)21-8-16-12)17-11-4-2-1-3-10(11)15(19)20/h1-8H,(H,17,18)(H,19,20). The maximum Gasteiger partial charge on any atom is 0.337 e. The van der Waals surface area contributed by atoms with Crippen LogP contribution in [-0.4, -0.2) is 22.0 Å². The van der Waals surface area contributed by atoms with Crippen molar-refractivity contribution in [2.24, 2.45) is 0 Å². The van der Waals surface area contributed by atoms with E-state index in [1.165, 1.54) is 17.4 Å². The molecule has 1 heterocycles. The highest BCUT2D eigenvalue weighted by molar-refractivity contribution is 7.16. The summed E-state index contributed by atoms with van der Waals surface area (Å²) in [4.78, 5) is 27.5. The highest BCUT2D eigenvalue weighted by atomic mass is 32.1. The van der Waals surface area contributed by atoms with Gasteiger partial charge in [-0.15, -0.1) is 11.3 Å². The van der Waals surface area contributed by atoms with Crippen LogP contribution in [-0.2, 0) is 0 Å². The van der Waals surface area contributed by atoms with E-state index in [9.17, 15) is 9.59 Å². The molecule has 5 nitrogen and oxygen atoms in total. The summed E-state index contributed by atoms with van der Waals surface area (Å²) >= 11 is 1.45. The number of thiazole rings is 1. The van der Waals surface area contributed by atoms with Crippen LogP contribution in [0.1, 0.15) is 20.7 Å². The van der Waals surface area contributed by atoms with Crippen LogP contribution < -0.4 is 5.32 Å². The van der Waals surface area contributed by atoms with Crippen molar-refractivity contribution >= 4 is 39.1 Å². The third kappa shape index (κ3) is 2.61. The number of carboxylic acids is 1. The van der Waals surface area contributed by atoms with Crippen LogP contribution in [0.3, 0.4) is 0 Å². The van der Waals surface area contributed by atoms with Gasteiger partial charge in [0.25, 0.3) is 5.91 Å². The minimum absolute atomic E-state index is 0.0599. The highest BCUT2D eigenvalue weighted by Gasteiger charge is 2.13. The second-order valence-electron chi connectivity index (χ2n) is 4.34. The number of aromatic carboxylic acids is 1. The van der Waals surface area contributed by atoms with Gasteiger partial charge in [0.1, 0.15) is 0 Å². The molecule has 0 spiro atoms. The summed E-state index contributed by atoms with van der Waals surface area (Å²) in [7, 11) is 0. The highest BCUT2D eigenvalue weighted by Crippen LogP contribution is 2.21. The van der Waals surface area contributed by atoms with Crippen LogP contribution in [0.15, 0.2) is 48.0 Å². The third-order valence-corrected chi connectivity index (χ3v) is 3.79. The van der Waals surface area contributed by atoms with Crippen LogP contribution in [0.4, 0.5) is 5.69 Å². The molecular formula is C15H10N2O3S. The number of hydrogen-bond donors (Lipinski definition) is 2. The fraction of sp³-hybridized carbons (Fsp3) is 0. The lowest BCUT2D eigenvalue weighted by Crippen LogP contribution is -2.14. The van der Waals surface area contributed by atoms with Crippen molar-refractivity contribution in [1.29, 1.82) is 0 Å². The maximum atomic E-state index is 12.2. The van der Waals surface area contributed by atoms with Crippen molar-refractivity contribution in [3.8, 4) is 0 Å². The molecule has 0 unspecified atom stereocenters. The molecule has 0 bridgehead atoms. The molecule has 21 heavy (non-hydrogen) atoms. The molecule has 3 aromatic rings. The topological polar surface area (TPSA) is 79.3 Å². The Morgan fingerprint density at radius 1 is 1.14 bits per heavy atom. The number of rotatable bonds is 3. The number of benzene rings is 2. The lowest BCUT2D eigenvalue weighted by atomic mass is 10.1. The zero-order chi connectivity index (χ0) is 14.8. The first-order valence-corrected chi connectivity index (χ1v) is 7.00. The Hall–Kier alpha value is -2.73. The largest absolute Gasteiger partial charge is 0.478 e. The molecule has 0 atom stereocenters. The Bertz CT molecular complexity index is 842. The molecule has 0 aliphatic carbocycles. The van der Waals surface area contributed by atoms with E-state index in [0.29, 0.717) is 5.56 Å². The average Bonchev–Trinajstić information content (AvgIpc) is 2.94. The molecule has 0 radical (unpaired) electrons. The minimum Gasteiger partial charge on any atom is -0.478 e.